The summed E-state index contributed by atoms with van der Waals surface area (Å²) < 4.78 is 11.0. The van der Waals surface area contributed by atoms with Crippen molar-refractivity contribution in [2.75, 3.05) is 49.7 Å². The fourth-order valence-electron chi connectivity index (χ4n) is 2.41. The maximum absolute atomic E-state index is 5.67. The first-order valence-electron chi connectivity index (χ1n) is 7.91. The van der Waals surface area contributed by atoms with Crippen molar-refractivity contribution in [1.29, 1.82) is 0 Å². The number of nitrogens with zero attached hydrogens (tertiary/aromatic N) is 3. The molecule has 0 radical (unpaired) electrons. The first-order chi connectivity index (χ1) is 11.3. The molecule has 1 aromatic heterocycles. The lowest BCUT2D eigenvalue weighted by Crippen LogP contribution is -2.37. The second kappa shape index (κ2) is 7.78. The van der Waals surface area contributed by atoms with Crippen LogP contribution in [0.2, 0.25) is 0 Å². The SMILES string of the molecule is Cc1cc(NCCOc2ccccc2)nc(N2CCOCC2)n1. The van der Waals surface area contributed by atoms with Gasteiger partial charge in [0.25, 0.3) is 0 Å². The molecule has 0 saturated carbocycles. The van der Waals surface area contributed by atoms with Crippen LogP contribution in [-0.4, -0.2) is 49.4 Å². The van der Waals surface area contributed by atoms with Crippen molar-refractivity contribution in [1.82, 2.24) is 9.97 Å². The number of nitrogens with one attached hydrogen (secondary N) is 1. The van der Waals surface area contributed by atoms with E-state index in [-0.39, 0.29) is 0 Å². The molecule has 1 saturated heterocycles. The molecule has 0 aliphatic carbocycles. The zero-order valence-electron chi connectivity index (χ0n) is 13.4. The van der Waals surface area contributed by atoms with Crippen LogP contribution in [0.4, 0.5) is 11.8 Å². The Morgan fingerprint density at radius 2 is 1.96 bits per heavy atom. The van der Waals surface area contributed by atoms with Crippen molar-refractivity contribution in [2.45, 2.75) is 6.92 Å². The second-order valence-corrected chi connectivity index (χ2v) is 5.38. The highest BCUT2D eigenvalue weighted by molar-refractivity contribution is 5.43. The van der Waals surface area contributed by atoms with Gasteiger partial charge in [0.2, 0.25) is 5.95 Å². The van der Waals surface area contributed by atoms with Crippen LogP contribution in [0.3, 0.4) is 0 Å². The number of hydrogen-bond donors (Lipinski definition) is 1. The molecular weight excluding hydrogens is 292 g/mol. The summed E-state index contributed by atoms with van der Waals surface area (Å²) in [5.74, 6) is 2.47. The summed E-state index contributed by atoms with van der Waals surface area (Å²) in [5.41, 5.74) is 0.952. The van der Waals surface area contributed by atoms with Gasteiger partial charge in [0, 0.05) is 24.8 Å². The molecule has 1 aliphatic heterocycles. The largest absolute Gasteiger partial charge is 0.492 e. The monoisotopic (exact) mass is 314 g/mol. The van der Waals surface area contributed by atoms with Crippen LogP contribution >= 0.6 is 0 Å². The number of ether oxygens (including phenoxy) is 2. The van der Waals surface area contributed by atoms with Crippen molar-refractivity contribution in [3.05, 3.63) is 42.1 Å². The maximum atomic E-state index is 5.67. The van der Waals surface area contributed by atoms with E-state index in [9.17, 15) is 0 Å². The second-order valence-electron chi connectivity index (χ2n) is 5.38. The Morgan fingerprint density at radius 1 is 1.17 bits per heavy atom. The molecule has 2 heterocycles. The van der Waals surface area contributed by atoms with Crippen molar-refractivity contribution in [3.63, 3.8) is 0 Å². The van der Waals surface area contributed by atoms with Gasteiger partial charge in [-0.05, 0) is 19.1 Å². The molecule has 3 rings (SSSR count). The molecule has 1 fully saturated rings. The van der Waals surface area contributed by atoms with E-state index in [1.165, 1.54) is 0 Å². The first kappa shape index (κ1) is 15.6. The van der Waals surface area contributed by atoms with Crippen molar-refractivity contribution in [3.8, 4) is 5.75 Å². The normalized spacial score (nSPS) is 14.6. The molecule has 6 nitrogen and oxygen atoms in total. The highest BCUT2D eigenvalue weighted by Gasteiger charge is 2.14. The number of morpholine rings is 1. The van der Waals surface area contributed by atoms with E-state index in [0.717, 1.165) is 49.5 Å². The molecule has 23 heavy (non-hydrogen) atoms. The first-order valence-corrected chi connectivity index (χ1v) is 7.91. The summed E-state index contributed by atoms with van der Waals surface area (Å²) in [6, 6.07) is 11.8. The van der Waals surface area contributed by atoms with Gasteiger partial charge < -0.3 is 19.7 Å². The number of anilines is 2. The fourth-order valence-corrected chi connectivity index (χ4v) is 2.41. The molecule has 122 valence electrons. The minimum Gasteiger partial charge on any atom is -0.492 e. The summed E-state index contributed by atoms with van der Waals surface area (Å²) >= 11 is 0. The van der Waals surface area contributed by atoms with Crippen LogP contribution < -0.4 is 15.0 Å². The molecular formula is C17H22N4O2. The number of rotatable bonds is 6. The zero-order chi connectivity index (χ0) is 15.9. The number of benzene rings is 1. The Balaban J connectivity index is 1.54. The summed E-state index contributed by atoms with van der Waals surface area (Å²) in [5, 5.41) is 3.30. The van der Waals surface area contributed by atoms with Gasteiger partial charge in [0.15, 0.2) is 0 Å². The van der Waals surface area contributed by atoms with Gasteiger partial charge in [-0.1, -0.05) is 18.2 Å². The van der Waals surface area contributed by atoms with E-state index in [1.54, 1.807) is 0 Å². The zero-order valence-corrected chi connectivity index (χ0v) is 13.4. The standard InChI is InChI=1S/C17H22N4O2/c1-14-13-16(18-7-10-23-15-5-3-2-4-6-15)20-17(19-14)21-8-11-22-12-9-21/h2-6,13H,7-12H2,1H3,(H,18,19,20). The van der Waals surface area contributed by atoms with Crippen molar-refractivity contribution >= 4 is 11.8 Å². The average molecular weight is 314 g/mol. The molecule has 2 aromatic rings. The third-order valence-electron chi connectivity index (χ3n) is 3.56. The molecule has 0 atom stereocenters. The smallest absolute Gasteiger partial charge is 0.227 e. The number of para-hydroxylation sites is 1. The van der Waals surface area contributed by atoms with Crippen molar-refractivity contribution < 1.29 is 9.47 Å². The molecule has 1 aromatic carbocycles. The molecule has 1 aliphatic rings. The Kier molecular flexibility index (Phi) is 5.26. The Bertz CT molecular complexity index is 615. The van der Waals surface area contributed by atoms with Gasteiger partial charge in [0.1, 0.15) is 18.2 Å². The Labute approximate surface area is 136 Å². The van der Waals surface area contributed by atoms with E-state index < -0.39 is 0 Å². The molecule has 0 bridgehead atoms. The van der Waals surface area contributed by atoms with Gasteiger partial charge in [-0.15, -0.1) is 0 Å². The van der Waals surface area contributed by atoms with E-state index in [0.29, 0.717) is 13.2 Å². The fraction of sp³-hybridized carbons (Fsp3) is 0.412. The number of aryl methyl sites for hydroxylation is 1. The van der Waals surface area contributed by atoms with E-state index in [4.69, 9.17) is 9.47 Å². The van der Waals surface area contributed by atoms with Crippen LogP contribution in [0.15, 0.2) is 36.4 Å². The molecule has 0 unspecified atom stereocenters. The van der Waals surface area contributed by atoms with Crippen LogP contribution in [0.1, 0.15) is 5.69 Å². The predicted molar refractivity (Wildman–Crippen MR) is 90.2 cm³/mol. The van der Waals surface area contributed by atoms with Crippen LogP contribution in [0, 0.1) is 6.92 Å². The van der Waals surface area contributed by atoms with Gasteiger partial charge in [0.05, 0.1) is 19.8 Å². The Morgan fingerprint density at radius 3 is 2.74 bits per heavy atom. The molecule has 6 heteroatoms. The average Bonchev–Trinajstić information content (AvgIpc) is 2.60. The van der Waals surface area contributed by atoms with E-state index in [1.807, 2.05) is 43.3 Å². The van der Waals surface area contributed by atoms with Crippen LogP contribution in [-0.2, 0) is 4.74 Å². The van der Waals surface area contributed by atoms with Crippen LogP contribution in [0.25, 0.3) is 0 Å². The summed E-state index contributed by atoms with van der Waals surface area (Å²) in [4.78, 5) is 11.3. The maximum Gasteiger partial charge on any atom is 0.227 e. The summed E-state index contributed by atoms with van der Waals surface area (Å²) in [7, 11) is 0. The predicted octanol–water partition coefficient (Wildman–Crippen LogP) is 2.11. The highest BCUT2D eigenvalue weighted by Crippen LogP contribution is 2.15. The summed E-state index contributed by atoms with van der Waals surface area (Å²) in [6.45, 7) is 6.38. The van der Waals surface area contributed by atoms with E-state index >= 15 is 0 Å². The van der Waals surface area contributed by atoms with Crippen LogP contribution in [0.5, 0.6) is 5.75 Å². The molecule has 0 amide bonds. The lowest BCUT2D eigenvalue weighted by atomic mass is 10.3. The van der Waals surface area contributed by atoms with Crippen molar-refractivity contribution in [2.24, 2.45) is 0 Å². The molecule has 1 N–H and O–H groups in total. The van der Waals surface area contributed by atoms with Gasteiger partial charge in [-0.25, -0.2) is 4.98 Å². The summed E-state index contributed by atoms with van der Waals surface area (Å²) in [6.07, 6.45) is 0. The quantitative estimate of drug-likeness (QED) is 0.824. The Hall–Kier alpha value is -2.34. The topological polar surface area (TPSA) is 59.5 Å². The minimum atomic E-state index is 0.583. The van der Waals surface area contributed by atoms with Gasteiger partial charge >= 0.3 is 0 Å². The molecule has 0 spiro atoms. The minimum absolute atomic E-state index is 0.583. The lowest BCUT2D eigenvalue weighted by Gasteiger charge is -2.27. The lowest BCUT2D eigenvalue weighted by molar-refractivity contribution is 0.122. The van der Waals surface area contributed by atoms with Gasteiger partial charge in [-0.3, -0.25) is 0 Å². The van der Waals surface area contributed by atoms with Gasteiger partial charge in [-0.2, -0.15) is 4.98 Å². The third-order valence-corrected chi connectivity index (χ3v) is 3.56. The highest BCUT2D eigenvalue weighted by atomic mass is 16.5. The number of aromatic nitrogens is 2. The third kappa shape index (κ3) is 4.56. The van der Waals surface area contributed by atoms with E-state index in [2.05, 4.69) is 20.2 Å². The number of hydrogen-bond acceptors (Lipinski definition) is 6.